The fraction of sp³-hybridized carbons (Fsp3) is 0.222. The van der Waals surface area contributed by atoms with Gasteiger partial charge in [-0.25, -0.2) is 4.39 Å². The van der Waals surface area contributed by atoms with Gasteiger partial charge in [0.2, 0.25) is 0 Å². The van der Waals surface area contributed by atoms with Crippen LogP contribution < -0.4 is 14.8 Å². The summed E-state index contributed by atoms with van der Waals surface area (Å²) in [5, 5.41) is 11.8. The topological polar surface area (TPSA) is 71.3 Å². The molecule has 0 aliphatic rings. The van der Waals surface area contributed by atoms with Crippen molar-refractivity contribution in [3.63, 3.8) is 0 Å². The Morgan fingerprint density at radius 3 is 2.68 bits per heavy atom. The Morgan fingerprint density at radius 2 is 2.04 bits per heavy atom. The third-order valence-corrected chi connectivity index (χ3v) is 3.64. The first-order chi connectivity index (χ1) is 12.0. The third-order valence-electron chi connectivity index (χ3n) is 3.36. The summed E-state index contributed by atoms with van der Waals surface area (Å²) in [5.74, 6) is -0.140. The van der Waals surface area contributed by atoms with Crippen molar-refractivity contribution in [2.45, 2.75) is 6.42 Å². The number of ether oxygens (including phenoxy) is 2. The zero-order chi connectivity index (χ0) is 18.2. The summed E-state index contributed by atoms with van der Waals surface area (Å²) in [7, 11) is 1.42. The number of nitrogens with zero attached hydrogens (tertiary/aromatic N) is 1. The Kier molecular flexibility index (Phi) is 6.61. The van der Waals surface area contributed by atoms with Crippen molar-refractivity contribution in [1.82, 2.24) is 5.32 Å². The van der Waals surface area contributed by atoms with E-state index in [1.807, 2.05) is 6.07 Å². The molecule has 130 valence electrons. The monoisotopic (exact) mass is 362 g/mol. The van der Waals surface area contributed by atoms with E-state index in [1.165, 1.54) is 31.4 Å². The number of halogens is 2. The molecular weight excluding hydrogens is 347 g/mol. The molecule has 0 aliphatic heterocycles. The molecule has 5 nitrogen and oxygen atoms in total. The van der Waals surface area contributed by atoms with Crippen molar-refractivity contribution in [3.8, 4) is 17.6 Å². The molecule has 0 radical (unpaired) electrons. The van der Waals surface area contributed by atoms with Crippen molar-refractivity contribution in [2.75, 3.05) is 20.3 Å². The molecule has 0 atom stereocenters. The molecule has 0 spiro atoms. The number of carbonyl (C=O) groups is 1. The number of carbonyl (C=O) groups excluding carboxylic acids is 1. The molecule has 7 heteroatoms. The predicted octanol–water partition coefficient (Wildman–Crippen LogP) is 3.10. The van der Waals surface area contributed by atoms with Crippen LogP contribution in [-0.4, -0.2) is 26.2 Å². The first kappa shape index (κ1) is 18.6. The molecule has 2 aromatic carbocycles. The lowest BCUT2D eigenvalue weighted by atomic mass is 10.1. The van der Waals surface area contributed by atoms with Crippen LogP contribution in [0.5, 0.6) is 11.5 Å². The molecule has 1 N–H and O–H groups in total. The number of nitriles is 1. The second kappa shape index (κ2) is 8.90. The summed E-state index contributed by atoms with van der Waals surface area (Å²) in [5.41, 5.74) is 1.25. The van der Waals surface area contributed by atoms with Crippen molar-refractivity contribution < 1.29 is 18.7 Å². The summed E-state index contributed by atoms with van der Waals surface area (Å²) in [4.78, 5) is 11.9. The molecule has 1 amide bonds. The van der Waals surface area contributed by atoms with Gasteiger partial charge in [0.05, 0.1) is 23.8 Å². The van der Waals surface area contributed by atoms with E-state index in [0.29, 0.717) is 18.5 Å². The van der Waals surface area contributed by atoms with Gasteiger partial charge in [0.25, 0.3) is 5.91 Å². The molecular formula is C18H16ClFN2O3. The molecule has 2 rings (SSSR count). The highest BCUT2D eigenvalue weighted by Crippen LogP contribution is 2.36. The van der Waals surface area contributed by atoms with E-state index >= 15 is 0 Å². The smallest absolute Gasteiger partial charge is 0.257 e. The molecule has 0 aromatic heterocycles. The zero-order valence-electron chi connectivity index (χ0n) is 13.5. The Bertz CT molecular complexity index is 788. The molecule has 25 heavy (non-hydrogen) atoms. The summed E-state index contributed by atoms with van der Waals surface area (Å²) in [6.07, 6.45) is 0.576. The van der Waals surface area contributed by atoms with E-state index in [-0.39, 0.29) is 34.9 Å². The number of amides is 1. The molecule has 0 bridgehead atoms. The fourth-order valence-corrected chi connectivity index (χ4v) is 2.38. The van der Waals surface area contributed by atoms with Crippen LogP contribution >= 0.6 is 11.6 Å². The van der Waals surface area contributed by atoms with Crippen molar-refractivity contribution in [3.05, 3.63) is 58.4 Å². The average molecular weight is 363 g/mol. The van der Waals surface area contributed by atoms with Crippen LogP contribution in [0.3, 0.4) is 0 Å². The Balaban J connectivity index is 1.85. The number of nitrogens with one attached hydrogen (secondary N) is 1. The van der Waals surface area contributed by atoms with Crippen LogP contribution in [0.4, 0.5) is 4.39 Å². The largest absolute Gasteiger partial charge is 0.493 e. The lowest BCUT2D eigenvalue weighted by molar-refractivity contribution is -0.123. The first-order valence-electron chi connectivity index (χ1n) is 7.45. The Labute approximate surface area is 149 Å². The van der Waals surface area contributed by atoms with Gasteiger partial charge in [-0.3, -0.25) is 4.79 Å². The molecule has 0 saturated carbocycles. The number of hydrogen-bond donors (Lipinski definition) is 1. The lowest BCUT2D eigenvalue weighted by Crippen LogP contribution is -2.30. The van der Waals surface area contributed by atoms with E-state index in [1.54, 1.807) is 12.1 Å². The van der Waals surface area contributed by atoms with Gasteiger partial charge in [-0.05, 0) is 30.2 Å². The second-order valence-corrected chi connectivity index (χ2v) is 5.52. The van der Waals surface area contributed by atoms with Gasteiger partial charge in [-0.15, -0.1) is 0 Å². The standard InChI is InChI=1S/C18H16ClFN2O3/c1-24-16-9-13(10-21)8-15(19)18(16)25-11-17(23)22-7-6-12-2-4-14(20)5-3-12/h2-5,8-9H,6-7,11H2,1H3,(H,22,23). The van der Waals surface area contributed by atoms with E-state index in [0.717, 1.165) is 5.56 Å². The Hall–Kier alpha value is -2.78. The maximum atomic E-state index is 12.8. The van der Waals surface area contributed by atoms with Gasteiger partial charge < -0.3 is 14.8 Å². The summed E-state index contributed by atoms with van der Waals surface area (Å²) >= 11 is 6.05. The van der Waals surface area contributed by atoms with Crippen LogP contribution in [-0.2, 0) is 11.2 Å². The first-order valence-corrected chi connectivity index (χ1v) is 7.83. The molecule has 2 aromatic rings. The van der Waals surface area contributed by atoms with Crippen LogP contribution in [0.2, 0.25) is 5.02 Å². The van der Waals surface area contributed by atoms with Crippen LogP contribution in [0.25, 0.3) is 0 Å². The Morgan fingerprint density at radius 1 is 1.32 bits per heavy atom. The predicted molar refractivity (Wildman–Crippen MR) is 91.3 cm³/mol. The van der Waals surface area contributed by atoms with E-state index in [4.69, 9.17) is 26.3 Å². The van der Waals surface area contributed by atoms with Crippen molar-refractivity contribution in [1.29, 1.82) is 5.26 Å². The highest BCUT2D eigenvalue weighted by molar-refractivity contribution is 6.32. The van der Waals surface area contributed by atoms with Crippen molar-refractivity contribution >= 4 is 17.5 Å². The van der Waals surface area contributed by atoms with Gasteiger partial charge >= 0.3 is 0 Å². The van der Waals surface area contributed by atoms with E-state index < -0.39 is 0 Å². The van der Waals surface area contributed by atoms with Gasteiger partial charge in [0, 0.05) is 12.6 Å². The highest BCUT2D eigenvalue weighted by Gasteiger charge is 2.13. The average Bonchev–Trinajstić information content (AvgIpc) is 2.61. The molecule has 0 heterocycles. The van der Waals surface area contributed by atoms with Crippen LogP contribution in [0, 0.1) is 17.1 Å². The number of hydrogen-bond acceptors (Lipinski definition) is 4. The van der Waals surface area contributed by atoms with Gasteiger partial charge in [-0.2, -0.15) is 5.26 Å². The molecule has 0 saturated heterocycles. The maximum Gasteiger partial charge on any atom is 0.257 e. The van der Waals surface area contributed by atoms with Gasteiger partial charge in [-0.1, -0.05) is 23.7 Å². The second-order valence-electron chi connectivity index (χ2n) is 5.12. The zero-order valence-corrected chi connectivity index (χ0v) is 14.3. The van der Waals surface area contributed by atoms with Crippen molar-refractivity contribution in [2.24, 2.45) is 0 Å². The summed E-state index contributed by atoms with van der Waals surface area (Å²) in [6, 6.07) is 11.0. The number of methoxy groups -OCH3 is 1. The SMILES string of the molecule is COc1cc(C#N)cc(Cl)c1OCC(=O)NCCc1ccc(F)cc1. The maximum absolute atomic E-state index is 12.8. The molecule has 0 aliphatic carbocycles. The van der Waals surface area contributed by atoms with Gasteiger partial charge in [0.1, 0.15) is 5.82 Å². The minimum absolute atomic E-state index is 0.190. The summed E-state index contributed by atoms with van der Waals surface area (Å²) < 4.78 is 23.4. The molecule has 0 fully saturated rings. The lowest BCUT2D eigenvalue weighted by Gasteiger charge is -2.12. The normalized spacial score (nSPS) is 10.0. The molecule has 0 unspecified atom stereocenters. The quantitative estimate of drug-likeness (QED) is 0.821. The van der Waals surface area contributed by atoms with Gasteiger partial charge in [0.15, 0.2) is 18.1 Å². The van der Waals surface area contributed by atoms with Crippen LogP contribution in [0.1, 0.15) is 11.1 Å². The van der Waals surface area contributed by atoms with E-state index in [2.05, 4.69) is 5.32 Å². The summed E-state index contributed by atoms with van der Waals surface area (Å²) in [6.45, 7) is 0.150. The minimum Gasteiger partial charge on any atom is -0.493 e. The number of benzene rings is 2. The van der Waals surface area contributed by atoms with E-state index in [9.17, 15) is 9.18 Å². The fourth-order valence-electron chi connectivity index (χ4n) is 2.11. The third kappa shape index (κ3) is 5.37. The van der Waals surface area contributed by atoms with Crippen LogP contribution in [0.15, 0.2) is 36.4 Å². The highest BCUT2D eigenvalue weighted by atomic mass is 35.5. The minimum atomic E-state index is -0.329. The number of rotatable bonds is 7.